The van der Waals surface area contributed by atoms with Gasteiger partial charge in [0.2, 0.25) is 0 Å². The SMILES string of the molecule is Cc1ccc2c(c1)C[C@@H](C)C(Br)(Br)C2=O. The molecule has 0 aromatic heterocycles. The van der Waals surface area contributed by atoms with Crippen LogP contribution in [0.15, 0.2) is 18.2 Å². The average Bonchev–Trinajstić information content (AvgIpc) is 2.15. The molecule has 3 heteroatoms. The van der Waals surface area contributed by atoms with Gasteiger partial charge in [-0.15, -0.1) is 0 Å². The molecule has 0 N–H and O–H groups in total. The predicted octanol–water partition coefficient (Wildman–Crippen LogP) is 3.86. The Morgan fingerprint density at radius 3 is 2.73 bits per heavy atom. The molecule has 0 fully saturated rings. The fourth-order valence-electron chi connectivity index (χ4n) is 1.97. The number of halogens is 2. The lowest BCUT2D eigenvalue weighted by molar-refractivity contribution is 0.0953. The maximum Gasteiger partial charge on any atom is 0.190 e. The van der Waals surface area contributed by atoms with Crippen LogP contribution in [0.5, 0.6) is 0 Å². The molecule has 0 spiro atoms. The van der Waals surface area contributed by atoms with E-state index in [2.05, 4.69) is 51.8 Å². The van der Waals surface area contributed by atoms with E-state index in [1.54, 1.807) is 0 Å². The first kappa shape index (κ1) is 11.3. The van der Waals surface area contributed by atoms with E-state index < -0.39 is 3.23 Å². The maximum absolute atomic E-state index is 12.2. The molecule has 0 saturated carbocycles. The molecule has 0 bridgehead atoms. The second-order valence-electron chi connectivity index (χ2n) is 4.22. The normalized spacial score (nSPS) is 23.7. The number of rotatable bonds is 0. The second-order valence-corrected chi connectivity index (χ2v) is 7.78. The minimum atomic E-state index is -0.581. The standard InChI is InChI=1S/C12H12Br2O/c1-7-3-4-10-9(5-7)6-8(2)12(13,14)11(10)15/h3-5,8H,6H2,1-2H3/t8-/m1/s1. The fourth-order valence-corrected chi connectivity index (χ4v) is 2.73. The van der Waals surface area contributed by atoms with Crippen LogP contribution in [0.3, 0.4) is 0 Å². The molecule has 80 valence electrons. The highest BCUT2D eigenvalue weighted by molar-refractivity contribution is 9.26. The third-order valence-corrected chi connectivity index (χ3v) is 5.24. The Morgan fingerprint density at radius 2 is 2.07 bits per heavy atom. The number of hydrogen-bond acceptors (Lipinski definition) is 1. The molecule has 1 nitrogen and oxygen atoms in total. The van der Waals surface area contributed by atoms with Gasteiger partial charge in [-0.1, -0.05) is 62.5 Å². The minimum absolute atomic E-state index is 0.135. The summed E-state index contributed by atoms with van der Waals surface area (Å²) in [5.41, 5.74) is 3.22. The Bertz CT molecular complexity index is 424. The lowest BCUT2D eigenvalue weighted by Crippen LogP contribution is -2.38. The molecule has 15 heavy (non-hydrogen) atoms. The number of carbonyl (C=O) groups excluding carboxylic acids is 1. The summed E-state index contributed by atoms with van der Waals surface area (Å²) in [6.45, 7) is 4.13. The Morgan fingerprint density at radius 1 is 1.40 bits per heavy atom. The summed E-state index contributed by atoms with van der Waals surface area (Å²) >= 11 is 6.96. The molecule has 0 unspecified atom stereocenters. The fraction of sp³-hybridized carbons (Fsp3) is 0.417. The Labute approximate surface area is 107 Å². The van der Waals surface area contributed by atoms with E-state index in [4.69, 9.17) is 0 Å². The quantitative estimate of drug-likeness (QED) is 0.660. The molecule has 0 heterocycles. The molecular weight excluding hydrogens is 320 g/mol. The van der Waals surface area contributed by atoms with Gasteiger partial charge >= 0.3 is 0 Å². The Hall–Kier alpha value is -0.150. The summed E-state index contributed by atoms with van der Waals surface area (Å²) < 4.78 is -0.581. The van der Waals surface area contributed by atoms with Crippen LogP contribution in [0.2, 0.25) is 0 Å². The molecule has 1 aromatic rings. The van der Waals surface area contributed by atoms with Crippen LogP contribution < -0.4 is 0 Å². The van der Waals surface area contributed by atoms with Crippen molar-refractivity contribution < 1.29 is 4.79 Å². The zero-order valence-electron chi connectivity index (χ0n) is 8.68. The Kier molecular flexibility index (Phi) is 2.80. The maximum atomic E-state index is 12.2. The zero-order chi connectivity index (χ0) is 11.2. The van der Waals surface area contributed by atoms with Gasteiger partial charge in [-0.25, -0.2) is 0 Å². The van der Waals surface area contributed by atoms with Gasteiger partial charge in [-0.3, -0.25) is 4.79 Å². The molecule has 1 aliphatic carbocycles. The van der Waals surface area contributed by atoms with Crippen molar-refractivity contribution in [3.8, 4) is 0 Å². The van der Waals surface area contributed by atoms with E-state index in [0.29, 0.717) is 0 Å². The summed E-state index contributed by atoms with van der Waals surface area (Å²) in [5.74, 6) is 0.399. The molecule has 2 rings (SSSR count). The van der Waals surface area contributed by atoms with E-state index >= 15 is 0 Å². The monoisotopic (exact) mass is 330 g/mol. The van der Waals surface area contributed by atoms with Gasteiger partial charge in [-0.05, 0) is 24.8 Å². The van der Waals surface area contributed by atoms with Crippen LogP contribution >= 0.6 is 31.9 Å². The number of aryl methyl sites for hydroxylation is 1. The summed E-state index contributed by atoms with van der Waals surface area (Å²) in [6.07, 6.45) is 0.930. The van der Waals surface area contributed by atoms with Gasteiger partial charge in [-0.2, -0.15) is 0 Å². The number of carbonyl (C=O) groups is 1. The first-order valence-corrected chi connectivity index (χ1v) is 6.53. The molecular formula is C12H12Br2O. The zero-order valence-corrected chi connectivity index (χ0v) is 11.9. The largest absolute Gasteiger partial charge is 0.292 e. The molecule has 1 aromatic carbocycles. The predicted molar refractivity (Wildman–Crippen MR) is 69.0 cm³/mol. The number of Topliss-reactive ketones (excluding diaryl/α,β-unsaturated/α-hetero) is 1. The first-order chi connectivity index (χ1) is 6.93. The third-order valence-electron chi connectivity index (χ3n) is 2.95. The van der Waals surface area contributed by atoms with Crippen molar-refractivity contribution in [2.75, 3.05) is 0 Å². The smallest absolute Gasteiger partial charge is 0.190 e. The van der Waals surface area contributed by atoms with Crippen LogP contribution in [-0.4, -0.2) is 9.02 Å². The molecule has 1 atom stereocenters. The molecule has 0 amide bonds. The number of alkyl halides is 2. The lowest BCUT2D eigenvalue weighted by atomic mass is 9.83. The lowest BCUT2D eigenvalue weighted by Gasteiger charge is -2.32. The van der Waals surface area contributed by atoms with E-state index in [9.17, 15) is 4.79 Å². The van der Waals surface area contributed by atoms with E-state index in [1.807, 2.05) is 12.1 Å². The van der Waals surface area contributed by atoms with Crippen LogP contribution in [0, 0.1) is 12.8 Å². The van der Waals surface area contributed by atoms with Crippen molar-refractivity contribution in [3.63, 3.8) is 0 Å². The van der Waals surface area contributed by atoms with Gasteiger partial charge in [0.05, 0.1) is 0 Å². The van der Waals surface area contributed by atoms with E-state index in [0.717, 1.165) is 12.0 Å². The third kappa shape index (κ3) is 1.80. The van der Waals surface area contributed by atoms with Crippen LogP contribution in [-0.2, 0) is 6.42 Å². The molecule has 0 saturated heterocycles. The van der Waals surface area contributed by atoms with Crippen molar-refractivity contribution in [1.82, 2.24) is 0 Å². The highest BCUT2D eigenvalue weighted by Gasteiger charge is 2.43. The van der Waals surface area contributed by atoms with E-state index in [1.165, 1.54) is 11.1 Å². The van der Waals surface area contributed by atoms with Crippen molar-refractivity contribution in [2.24, 2.45) is 5.92 Å². The van der Waals surface area contributed by atoms with Crippen LogP contribution in [0.1, 0.15) is 28.4 Å². The second kappa shape index (κ2) is 3.70. The van der Waals surface area contributed by atoms with Gasteiger partial charge in [0, 0.05) is 5.56 Å². The summed E-state index contributed by atoms with van der Waals surface area (Å²) in [7, 11) is 0. The summed E-state index contributed by atoms with van der Waals surface area (Å²) in [5, 5.41) is 0. The van der Waals surface area contributed by atoms with Crippen molar-refractivity contribution in [2.45, 2.75) is 23.5 Å². The summed E-state index contributed by atoms with van der Waals surface area (Å²) in [4.78, 5) is 12.2. The summed E-state index contributed by atoms with van der Waals surface area (Å²) in [6, 6.07) is 6.03. The van der Waals surface area contributed by atoms with E-state index in [-0.39, 0.29) is 11.7 Å². The highest BCUT2D eigenvalue weighted by Crippen LogP contribution is 2.44. The highest BCUT2D eigenvalue weighted by atomic mass is 79.9. The van der Waals surface area contributed by atoms with Gasteiger partial charge in [0.15, 0.2) is 5.78 Å². The van der Waals surface area contributed by atoms with Gasteiger partial charge < -0.3 is 0 Å². The topological polar surface area (TPSA) is 17.1 Å². The minimum Gasteiger partial charge on any atom is -0.292 e. The number of benzene rings is 1. The van der Waals surface area contributed by atoms with Crippen molar-refractivity contribution in [1.29, 1.82) is 0 Å². The number of ketones is 1. The number of hydrogen-bond donors (Lipinski definition) is 0. The molecule has 1 aliphatic rings. The Balaban J connectivity index is 2.56. The van der Waals surface area contributed by atoms with Gasteiger partial charge in [0.25, 0.3) is 0 Å². The van der Waals surface area contributed by atoms with Crippen LogP contribution in [0.25, 0.3) is 0 Å². The van der Waals surface area contributed by atoms with Crippen molar-refractivity contribution >= 4 is 37.6 Å². The number of fused-ring (bicyclic) bond motifs is 1. The molecule has 0 aliphatic heterocycles. The molecule has 0 radical (unpaired) electrons. The first-order valence-electron chi connectivity index (χ1n) is 4.95. The van der Waals surface area contributed by atoms with Crippen LogP contribution in [0.4, 0.5) is 0 Å². The average molecular weight is 332 g/mol. The van der Waals surface area contributed by atoms with Crippen molar-refractivity contribution in [3.05, 3.63) is 34.9 Å². The van der Waals surface area contributed by atoms with Gasteiger partial charge in [0.1, 0.15) is 3.23 Å².